The summed E-state index contributed by atoms with van der Waals surface area (Å²) in [5.41, 5.74) is 7.31. The zero-order valence-corrected chi connectivity index (χ0v) is 34.1. The number of rotatable bonds is 4. The fourth-order valence-corrected chi connectivity index (χ4v) is 9.50. The molecule has 0 unspecified atom stereocenters. The van der Waals surface area contributed by atoms with Gasteiger partial charge in [0.25, 0.3) is 0 Å². The van der Waals surface area contributed by atoms with Gasteiger partial charge in [-0.2, -0.15) is 0 Å². The van der Waals surface area contributed by atoms with Crippen LogP contribution in [-0.4, -0.2) is 60.2 Å². The third-order valence-corrected chi connectivity index (χ3v) is 12.6. The smallest absolute Gasteiger partial charge is 0.208 e. The minimum atomic E-state index is -1.05. The molecule has 9 aromatic rings. The number of aromatic hydroxyl groups is 10. The van der Waals surface area contributed by atoms with Crippen LogP contribution in [0.1, 0.15) is 28.8 Å². The number of phenols is 10. The highest BCUT2D eigenvalue weighted by Gasteiger charge is 2.31. The molecule has 0 bridgehead atoms. The Bertz CT molecular complexity index is 3650. The molecule has 0 amide bonds. The van der Waals surface area contributed by atoms with Gasteiger partial charge in [0.05, 0.1) is 22.2 Å². The van der Waals surface area contributed by atoms with Gasteiger partial charge >= 0.3 is 0 Å². The maximum atomic E-state index is 11.2. The van der Waals surface area contributed by atoms with Crippen LogP contribution in [0.2, 0.25) is 0 Å². The Morgan fingerprint density at radius 1 is 0.508 bits per heavy atom. The Hall–Kier alpha value is -9.10. The van der Waals surface area contributed by atoms with Crippen molar-refractivity contribution in [2.45, 2.75) is 12.8 Å². The lowest BCUT2D eigenvalue weighted by Crippen LogP contribution is -2.11. The third-order valence-electron chi connectivity index (χ3n) is 12.6. The van der Waals surface area contributed by atoms with Gasteiger partial charge in [0, 0.05) is 44.9 Å². The second-order valence-electron chi connectivity index (χ2n) is 16.1. The van der Waals surface area contributed by atoms with Crippen molar-refractivity contribution in [3.8, 4) is 68.9 Å². The summed E-state index contributed by atoms with van der Waals surface area (Å²) >= 11 is 0. The number of benzene rings is 7. The first kappa shape index (κ1) is 38.8. The number of anilines is 2. The first-order valence-corrected chi connectivity index (χ1v) is 20.5. The van der Waals surface area contributed by atoms with Crippen LogP contribution in [0.5, 0.6) is 57.5 Å². The largest absolute Gasteiger partial charge is 0.503 e. The molecule has 3 heterocycles. The van der Waals surface area contributed by atoms with Gasteiger partial charge in [-0.15, -0.1) is 0 Å². The van der Waals surface area contributed by atoms with Crippen LogP contribution in [0.4, 0.5) is 11.4 Å². The second kappa shape index (κ2) is 14.0. The normalized spacial score (nSPS) is 15.0. The van der Waals surface area contributed by atoms with Crippen LogP contribution in [0.25, 0.3) is 72.1 Å². The quantitative estimate of drug-likeness (QED) is 0.0593. The summed E-state index contributed by atoms with van der Waals surface area (Å²) in [5, 5.41) is 111. The minimum Gasteiger partial charge on any atom is -0.503 e. The van der Waals surface area contributed by atoms with Crippen molar-refractivity contribution in [1.29, 1.82) is 0 Å². The highest BCUT2D eigenvalue weighted by molar-refractivity contribution is 6.22. The van der Waals surface area contributed by atoms with Crippen molar-refractivity contribution >= 4 is 72.1 Å². The average molecular weight is 864 g/mol. The van der Waals surface area contributed by atoms with Gasteiger partial charge in [-0.05, 0) is 94.9 Å². The molecule has 1 aliphatic carbocycles. The van der Waals surface area contributed by atoms with Crippen molar-refractivity contribution in [2.24, 2.45) is 0 Å². The maximum Gasteiger partial charge on any atom is 0.208 e. The molecule has 10 N–H and O–H groups in total. The first-order valence-electron chi connectivity index (χ1n) is 20.5. The zero-order chi connectivity index (χ0) is 45.2. The molecule has 13 nitrogen and oxygen atoms in total. The van der Waals surface area contributed by atoms with E-state index < -0.39 is 57.5 Å². The molecule has 13 heteroatoms. The van der Waals surface area contributed by atoms with Gasteiger partial charge in [-0.25, -0.2) is 0 Å². The molecule has 2 aromatic heterocycles. The summed E-state index contributed by atoms with van der Waals surface area (Å²) in [6, 6.07) is 30.7. The summed E-state index contributed by atoms with van der Waals surface area (Å²) < 4.78 is 3.13. The van der Waals surface area contributed by atoms with Crippen LogP contribution >= 0.6 is 0 Å². The molecule has 0 saturated carbocycles. The fraction of sp³-hybridized carbons (Fsp3) is 0.0385. The molecule has 0 radical (unpaired) electrons. The standard InChI is InChI=1S/C52H37N3O10/c1-25-22-28(27-15-17-37-33(23-27)32-11-5-7-13-36(32)54(37)41-43(56)47(60)51(64)48(61)44(41)57)20-21-53(35-12-6-4-9-30(25)35)29-16-19-38-34(24-29)40-31-10-3-2-8-26(31)14-18-39(40)55(38)42-45(58)49(62)52(65)50(63)46(42)59/h2-6,8-12,14-24,56-65H,1,7,13H2/b21-20-,28-22+. The van der Waals surface area contributed by atoms with Gasteiger partial charge in [0.1, 0.15) is 11.4 Å². The van der Waals surface area contributed by atoms with Crippen LogP contribution in [-0.2, 0) is 6.42 Å². The lowest BCUT2D eigenvalue weighted by molar-refractivity contribution is 0.327. The van der Waals surface area contributed by atoms with Crippen LogP contribution in [0.15, 0.2) is 128 Å². The number of allylic oxidation sites excluding steroid dienone is 5. The van der Waals surface area contributed by atoms with Crippen molar-refractivity contribution in [2.75, 3.05) is 4.90 Å². The summed E-state index contributed by atoms with van der Waals surface area (Å²) in [6.07, 6.45) is 11.1. The van der Waals surface area contributed by atoms with E-state index in [4.69, 9.17) is 0 Å². The van der Waals surface area contributed by atoms with E-state index in [1.807, 2.05) is 132 Å². The molecule has 1 aliphatic heterocycles. The number of fused-ring (bicyclic) bond motifs is 9. The van der Waals surface area contributed by atoms with E-state index in [1.54, 1.807) is 4.57 Å². The molecule has 11 rings (SSSR count). The Morgan fingerprint density at radius 3 is 1.83 bits per heavy atom. The minimum absolute atomic E-state index is 0.265. The molecule has 0 spiro atoms. The summed E-state index contributed by atoms with van der Waals surface area (Å²) in [5.74, 6) is -9.21. The average Bonchev–Trinajstić information content (AvgIpc) is 3.83. The Balaban J connectivity index is 1.10. The number of nitrogens with zero attached hydrogens (tertiary/aromatic N) is 3. The molecule has 65 heavy (non-hydrogen) atoms. The SMILES string of the molecule is C=C1/C=C(c2ccc3c(c2)c2c(n3-c3c(O)c(O)c(O)c(O)c3O)CCC=C2)\C=C/N(c2ccc3c(c2)c2c4ccccc4ccc2n3-c2c(O)c(O)c(O)c(O)c2O)c2ccccc21. The first-order chi connectivity index (χ1) is 31.3. The molecular weight excluding hydrogens is 827 g/mol. The predicted octanol–water partition coefficient (Wildman–Crippen LogP) is 10.7. The predicted molar refractivity (Wildman–Crippen MR) is 250 cm³/mol. The van der Waals surface area contributed by atoms with E-state index in [0.717, 1.165) is 66.5 Å². The second-order valence-corrected chi connectivity index (χ2v) is 16.1. The topological polar surface area (TPSA) is 215 Å². The molecule has 320 valence electrons. The van der Waals surface area contributed by atoms with Crippen LogP contribution in [0, 0.1) is 0 Å². The molecule has 0 fully saturated rings. The van der Waals surface area contributed by atoms with Crippen LogP contribution in [0.3, 0.4) is 0 Å². The number of para-hydroxylation sites is 1. The number of hydrogen-bond donors (Lipinski definition) is 10. The van der Waals surface area contributed by atoms with Gasteiger partial charge in [0.15, 0.2) is 23.0 Å². The van der Waals surface area contributed by atoms with Crippen molar-refractivity contribution in [1.82, 2.24) is 9.13 Å². The van der Waals surface area contributed by atoms with Gasteiger partial charge in [-0.3, -0.25) is 0 Å². The van der Waals surface area contributed by atoms with E-state index >= 15 is 0 Å². The third kappa shape index (κ3) is 5.45. The molecule has 0 atom stereocenters. The Morgan fingerprint density at radius 2 is 1.11 bits per heavy atom. The van der Waals surface area contributed by atoms with Gasteiger partial charge in [-0.1, -0.05) is 73.3 Å². The van der Waals surface area contributed by atoms with Crippen molar-refractivity contribution < 1.29 is 51.1 Å². The molecule has 0 saturated heterocycles. The van der Waals surface area contributed by atoms with Crippen LogP contribution < -0.4 is 4.90 Å². The number of phenolic OH excluding ortho intramolecular Hbond substituents is 10. The Labute approximate surface area is 368 Å². The van der Waals surface area contributed by atoms with Gasteiger partial charge < -0.3 is 65.1 Å². The number of aromatic nitrogens is 2. The van der Waals surface area contributed by atoms with Crippen molar-refractivity contribution in [3.05, 3.63) is 150 Å². The number of hydrogen-bond acceptors (Lipinski definition) is 11. The van der Waals surface area contributed by atoms with E-state index in [-0.39, 0.29) is 11.4 Å². The maximum absolute atomic E-state index is 11.2. The zero-order valence-electron chi connectivity index (χ0n) is 34.1. The fourth-order valence-electron chi connectivity index (χ4n) is 9.50. The van der Waals surface area contributed by atoms with E-state index in [1.165, 1.54) is 4.57 Å². The highest BCUT2D eigenvalue weighted by Crippen LogP contribution is 2.56. The summed E-state index contributed by atoms with van der Waals surface area (Å²) in [6.45, 7) is 4.49. The monoisotopic (exact) mass is 863 g/mol. The summed E-state index contributed by atoms with van der Waals surface area (Å²) in [4.78, 5) is 2.03. The molecule has 2 aliphatic rings. The van der Waals surface area contributed by atoms with Gasteiger partial charge in [0.2, 0.25) is 34.5 Å². The van der Waals surface area contributed by atoms with Crippen molar-refractivity contribution in [3.63, 3.8) is 0 Å². The van der Waals surface area contributed by atoms with E-state index in [2.05, 4.69) is 6.58 Å². The summed E-state index contributed by atoms with van der Waals surface area (Å²) in [7, 11) is 0. The van der Waals surface area contributed by atoms with E-state index in [9.17, 15) is 51.1 Å². The highest BCUT2D eigenvalue weighted by atomic mass is 16.4. The Kier molecular flexibility index (Phi) is 8.33. The molecule has 7 aromatic carbocycles. The lowest BCUT2D eigenvalue weighted by atomic mass is 9.94. The molecular formula is C52H37N3O10. The van der Waals surface area contributed by atoms with E-state index in [0.29, 0.717) is 34.8 Å². The lowest BCUT2D eigenvalue weighted by Gasteiger charge is -2.26.